The Morgan fingerprint density at radius 2 is 2.08 bits per heavy atom. The van der Waals surface area contributed by atoms with Crippen molar-refractivity contribution < 1.29 is 9.18 Å². The maximum absolute atomic E-state index is 13.0. The second-order valence-electron chi connectivity index (χ2n) is 6.91. The lowest BCUT2D eigenvalue weighted by Gasteiger charge is -2.40. The number of aryl methyl sites for hydroxylation is 1. The lowest BCUT2D eigenvalue weighted by atomic mass is 9.81. The van der Waals surface area contributed by atoms with E-state index in [-0.39, 0.29) is 11.7 Å². The van der Waals surface area contributed by atoms with E-state index < -0.39 is 5.41 Å². The van der Waals surface area contributed by atoms with Gasteiger partial charge in [0.15, 0.2) is 0 Å². The Morgan fingerprint density at radius 3 is 2.80 bits per heavy atom. The molecule has 1 atom stereocenters. The molecule has 5 nitrogen and oxygen atoms in total. The summed E-state index contributed by atoms with van der Waals surface area (Å²) in [5.41, 5.74) is 1.33. The molecule has 0 saturated carbocycles. The van der Waals surface area contributed by atoms with Crippen LogP contribution in [0.2, 0.25) is 0 Å². The standard InChI is InChI=1S/C19H23FN4O/c1-14-10-17(23-13-22-14)24-9-3-8-19(2,12-24)18(25)21-11-15-4-6-16(20)7-5-15/h4-7,10,13H,3,8-9,11-12H2,1-2H3,(H,21,25). The van der Waals surface area contributed by atoms with E-state index in [4.69, 9.17) is 0 Å². The normalized spacial score (nSPS) is 20.4. The summed E-state index contributed by atoms with van der Waals surface area (Å²) in [6.07, 6.45) is 3.33. The number of hydrogen-bond donors (Lipinski definition) is 1. The van der Waals surface area contributed by atoms with Crippen molar-refractivity contribution in [3.63, 3.8) is 0 Å². The van der Waals surface area contributed by atoms with Crippen LogP contribution in [0.15, 0.2) is 36.7 Å². The topological polar surface area (TPSA) is 58.1 Å². The Kier molecular flexibility index (Phi) is 4.97. The van der Waals surface area contributed by atoms with Gasteiger partial charge in [0.1, 0.15) is 18.0 Å². The number of amides is 1. The highest BCUT2D eigenvalue weighted by atomic mass is 19.1. The number of halogens is 1. The Bertz CT molecular complexity index is 749. The van der Waals surface area contributed by atoms with Crippen LogP contribution >= 0.6 is 0 Å². The van der Waals surface area contributed by atoms with Crippen LogP contribution in [0.3, 0.4) is 0 Å². The molecule has 2 heterocycles. The van der Waals surface area contributed by atoms with Crippen LogP contribution in [-0.4, -0.2) is 29.0 Å². The lowest BCUT2D eigenvalue weighted by molar-refractivity contribution is -0.130. The van der Waals surface area contributed by atoms with E-state index in [2.05, 4.69) is 20.2 Å². The van der Waals surface area contributed by atoms with Gasteiger partial charge in [0.25, 0.3) is 0 Å². The first-order valence-corrected chi connectivity index (χ1v) is 8.53. The van der Waals surface area contributed by atoms with E-state index in [1.54, 1.807) is 18.5 Å². The van der Waals surface area contributed by atoms with E-state index in [0.717, 1.165) is 36.5 Å². The number of carbonyl (C=O) groups excluding carboxylic acids is 1. The molecular formula is C19H23FN4O. The van der Waals surface area contributed by atoms with E-state index in [0.29, 0.717) is 13.1 Å². The first-order valence-electron chi connectivity index (χ1n) is 8.53. The van der Waals surface area contributed by atoms with Crippen LogP contribution in [0.25, 0.3) is 0 Å². The number of piperidine rings is 1. The largest absolute Gasteiger partial charge is 0.355 e. The third-order valence-electron chi connectivity index (χ3n) is 4.72. The molecule has 2 aromatic rings. The van der Waals surface area contributed by atoms with Crippen molar-refractivity contribution in [1.29, 1.82) is 0 Å². The average Bonchev–Trinajstić information content (AvgIpc) is 2.61. The van der Waals surface area contributed by atoms with Crippen molar-refractivity contribution in [1.82, 2.24) is 15.3 Å². The molecule has 132 valence electrons. The third kappa shape index (κ3) is 4.13. The van der Waals surface area contributed by atoms with Crippen molar-refractivity contribution in [2.24, 2.45) is 5.41 Å². The van der Waals surface area contributed by atoms with Gasteiger partial charge < -0.3 is 10.2 Å². The molecule has 1 saturated heterocycles. The van der Waals surface area contributed by atoms with Gasteiger partial charge in [0.2, 0.25) is 5.91 Å². The minimum Gasteiger partial charge on any atom is -0.355 e. The van der Waals surface area contributed by atoms with Crippen LogP contribution in [0.5, 0.6) is 0 Å². The highest BCUT2D eigenvalue weighted by molar-refractivity contribution is 5.83. The SMILES string of the molecule is Cc1cc(N2CCCC(C)(C(=O)NCc3ccc(F)cc3)C2)ncn1. The molecule has 1 aromatic carbocycles. The van der Waals surface area contributed by atoms with Crippen LogP contribution in [0, 0.1) is 18.2 Å². The summed E-state index contributed by atoms with van der Waals surface area (Å²) in [7, 11) is 0. The molecule has 1 aliphatic rings. The van der Waals surface area contributed by atoms with Gasteiger partial charge in [-0.3, -0.25) is 4.79 Å². The van der Waals surface area contributed by atoms with E-state index >= 15 is 0 Å². The van der Waals surface area contributed by atoms with Gasteiger partial charge in [-0.1, -0.05) is 12.1 Å². The summed E-state index contributed by atoms with van der Waals surface area (Å²) >= 11 is 0. The Morgan fingerprint density at radius 1 is 1.32 bits per heavy atom. The highest BCUT2D eigenvalue weighted by Crippen LogP contribution is 2.32. The van der Waals surface area contributed by atoms with Gasteiger partial charge in [-0.05, 0) is 44.4 Å². The smallest absolute Gasteiger partial charge is 0.227 e. The molecule has 0 radical (unpaired) electrons. The van der Waals surface area contributed by atoms with E-state index in [9.17, 15) is 9.18 Å². The molecular weight excluding hydrogens is 319 g/mol. The molecule has 6 heteroatoms. The van der Waals surface area contributed by atoms with Crippen molar-refractivity contribution >= 4 is 11.7 Å². The lowest BCUT2D eigenvalue weighted by Crippen LogP contribution is -2.50. The number of anilines is 1. The zero-order chi connectivity index (χ0) is 17.9. The fraction of sp³-hybridized carbons (Fsp3) is 0.421. The summed E-state index contributed by atoms with van der Waals surface area (Å²) in [6, 6.07) is 8.14. The molecule has 1 unspecified atom stereocenters. The van der Waals surface area contributed by atoms with Crippen LogP contribution < -0.4 is 10.2 Å². The van der Waals surface area contributed by atoms with Gasteiger partial charge in [0, 0.05) is 31.4 Å². The second-order valence-corrected chi connectivity index (χ2v) is 6.91. The van der Waals surface area contributed by atoms with Gasteiger partial charge in [0.05, 0.1) is 5.41 Å². The predicted molar refractivity (Wildman–Crippen MR) is 94.6 cm³/mol. The minimum absolute atomic E-state index is 0.0207. The Labute approximate surface area is 147 Å². The van der Waals surface area contributed by atoms with Crippen molar-refractivity contribution in [2.75, 3.05) is 18.0 Å². The summed E-state index contributed by atoms with van der Waals surface area (Å²) in [4.78, 5) is 23.4. The van der Waals surface area contributed by atoms with Crippen LogP contribution in [0.1, 0.15) is 31.0 Å². The van der Waals surface area contributed by atoms with Crippen molar-refractivity contribution in [3.05, 3.63) is 53.7 Å². The van der Waals surface area contributed by atoms with Crippen LogP contribution in [0.4, 0.5) is 10.2 Å². The molecule has 0 bridgehead atoms. The monoisotopic (exact) mass is 342 g/mol. The molecule has 25 heavy (non-hydrogen) atoms. The molecule has 3 rings (SSSR count). The molecule has 1 amide bonds. The van der Waals surface area contributed by atoms with E-state index in [1.165, 1.54) is 12.1 Å². The fourth-order valence-corrected chi connectivity index (χ4v) is 3.23. The van der Waals surface area contributed by atoms with Gasteiger partial charge in [-0.2, -0.15) is 0 Å². The summed E-state index contributed by atoms with van der Waals surface area (Å²) in [5.74, 6) is 0.613. The number of benzene rings is 1. The molecule has 1 fully saturated rings. The number of aromatic nitrogens is 2. The Hall–Kier alpha value is -2.50. The number of carbonyl (C=O) groups is 1. The number of nitrogens with zero attached hydrogens (tertiary/aromatic N) is 3. The zero-order valence-corrected chi connectivity index (χ0v) is 14.6. The highest BCUT2D eigenvalue weighted by Gasteiger charge is 2.38. The predicted octanol–water partition coefficient (Wildman–Crippen LogP) is 2.85. The third-order valence-corrected chi connectivity index (χ3v) is 4.72. The van der Waals surface area contributed by atoms with Crippen LogP contribution in [-0.2, 0) is 11.3 Å². The Balaban J connectivity index is 1.65. The number of hydrogen-bond acceptors (Lipinski definition) is 4. The first kappa shape index (κ1) is 17.3. The van der Waals surface area contributed by atoms with Gasteiger partial charge >= 0.3 is 0 Å². The summed E-state index contributed by atoms with van der Waals surface area (Å²) < 4.78 is 13.0. The average molecular weight is 342 g/mol. The number of nitrogens with one attached hydrogen (secondary N) is 1. The quantitative estimate of drug-likeness (QED) is 0.928. The number of rotatable bonds is 4. The first-order chi connectivity index (χ1) is 12.0. The molecule has 1 aliphatic heterocycles. The fourth-order valence-electron chi connectivity index (χ4n) is 3.23. The van der Waals surface area contributed by atoms with E-state index in [1.807, 2.05) is 19.9 Å². The molecule has 0 aliphatic carbocycles. The maximum atomic E-state index is 13.0. The molecule has 1 N–H and O–H groups in total. The molecule has 0 spiro atoms. The summed E-state index contributed by atoms with van der Waals surface area (Å²) in [6.45, 7) is 5.84. The van der Waals surface area contributed by atoms with Gasteiger partial charge in [-0.25, -0.2) is 14.4 Å². The van der Waals surface area contributed by atoms with Crippen molar-refractivity contribution in [3.8, 4) is 0 Å². The summed E-state index contributed by atoms with van der Waals surface area (Å²) in [5, 5.41) is 2.99. The zero-order valence-electron chi connectivity index (χ0n) is 14.6. The molecule has 1 aromatic heterocycles. The minimum atomic E-state index is -0.475. The maximum Gasteiger partial charge on any atom is 0.227 e. The van der Waals surface area contributed by atoms with Crippen molar-refractivity contribution in [2.45, 2.75) is 33.2 Å². The second kappa shape index (κ2) is 7.17. The van der Waals surface area contributed by atoms with Gasteiger partial charge in [-0.15, -0.1) is 0 Å².